The number of nitrogens with one attached hydrogen (secondary N) is 1. The highest BCUT2D eigenvalue weighted by Gasteiger charge is 2.15. The van der Waals surface area contributed by atoms with E-state index in [1.165, 1.54) is 11.1 Å². The van der Waals surface area contributed by atoms with E-state index in [1.54, 1.807) is 0 Å². The second kappa shape index (κ2) is 4.07. The molecule has 0 bridgehead atoms. The molecule has 0 saturated carbocycles. The summed E-state index contributed by atoms with van der Waals surface area (Å²) in [6.45, 7) is 3.50. The second-order valence-corrected chi connectivity index (χ2v) is 4.64. The number of ether oxygens (including phenoxy) is 1. The number of fused-ring (bicyclic) bond motifs is 1. The maximum atomic E-state index is 5.35. The number of H-pyrrole nitrogens is 1. The van der Waals surface area contributed by atoms with Crippen molar-refractivity contribution >= 4 is 32.5 Å². The molecule has 0 spiro atoms. The molecule has 5 heteroatoms. The molecule has 2 aromatic rings. The van der Waals surface area contributed by atoms with Gasteiger partial charge >= 0.3 is 0 Å². The third-order valence-electron chi connectivity index (χ3n) is 2.86. The number of anilines is 1. The van der Waals surface area contributed by atoms with E-state index in [9.17, 15) is 0 Å². The molecule has 4 nitrogen and oxygen atoms in total. The molecule has 84 valence electrons. The molecule has 1 aliphatic heterocycles. The Balaban J connectivity index is 2.03. The Bertz CT molecular complexity index is 505. The van der Waals surface area contributed by atoms with Crippen LogP contribution in [0.5, 0.6) is 0 Å². The third kappa shape index (κ3) is 1.70. The number of hydrogen-bond donors (Lipinski definition) is 1. The predicted molar refractivity (Wildman–Crippen MR) is 66.8 cm³/mol. The Hall–Kier alpha value is -1.07. The number of aromatic amines is 1. The molecule has 16 heavy (non-hydrogen) atoms. The molecule has 3 rings (SSSR count). The number of aromatic nitrogens is 2. The summed E-state index contributed by atoms with van der Waals surface area (Å²) >= 11 is 3.37. The summed E-state index contributed by atoms with van der Waals surface area (Å²) in [6, 6.07) is 2.00. The fraction of sp³-hybridized carbons (Fsp3) is 0.364. The van der Waals surface area contributed by atoms with Gasteiger partial charge in [-0.1, -0.05) is 0 Å². The number of morpholine rings is 1. The minimum absolute atomic E-state index is 0.802. The zero-order valence-corrected chi connectivity index (χ0v) is 10.3. The monoisotopic (exact) mass is 281 g/mol. The van der Waals surface area contributed by atoms with Crippen LogP contribution < -0.4 is 4.90 Å². The maximum Gasteiger partial charge on any atom is 0.108 e. The Morgan fingerprint density at radius 3 is 3.00 bits per heavy atom. The smallest absolute Gasteiger partial charge is 0.108 e. The molecule has 0 amide bonds. The van der Waals surface area contributed by atoms with Crippen molar-refractivity contribution in [2.24, 2.45) is 0 Å². The fourth-order valence-corrected chi connectivity index (χ4v) is 2.37. The predicted octanol–water partition coefficient (Wildman–Crippen LogP) is 2.16. The molecule has 0 aliphatic carbocycles. The molecule has 1 saturated heterocycles. The molecule has 0 atom stereocenters. The van der Waals surface area contributed by atoms with Crippen molar-refractivity contribution in [2.75, 3.05) is 31.2 Å². The van der Waals surface area contributed by atoms with Crippen LogP contribution in [0, 0.1) is 0 Å². The number of nitrogens with zero attached hydrogens (tertiary/aromatic N) is 2. The highest BCUT2D eigenvalue weighted by atomic mass is 79.9. The van der Waals surface area contributed by atoms with Gasteiger partial charge in [-0.15, -0.1) is 0 Å². The zero-order valence-electron chi connectivity index (χ0n) is 8.74. The lowest BCUT2D eigenvalue weighted by Gasteiger charge is -2.28. The van der Waals surface area contributed by atoms with E-state index in [0.29, 0.717) is 0 Å². The van der Waals surface area contributed by atoms with Crippen molar-refractivity contribution < 1.29 is 4.74 Å². The number of hydrogen-bond acceptors (Lipinski definition) is 3. The van der Waals surface area contributed by atoms with Gasteiger partial charge in [0.15, 0.2) is 0 Å². The Labute approximate surface area is 102 Å². The largest absolute Gasteiger partial charge is 0.378 e. The minimum atomic E-state index is 0.802. The average molecular weight is 282 g/mol. The van der Waals surface area contributed by atoms with E-state index in [-0.39, 0.29) is 0 Å². The highest BCUT2D eigenvalue weighted by molar-refractivity contribution is 9.10. The van der Waals surface area contributed by atoms with Gasteiger partial charge in [0.2, 0.25) is 0 Å². The van der Waals surface area contributed by atoms with Crippen molar-refractivity contribution in [3.63, 3.8) is 0 Å². The molecule has 1 fully saturated rings. The molecule has 0 aromatic carbocycles. The summed E-state index contributed by atoms with van der Waals surface area (Å²) in [6.07, 6.45) is 3.95. The number of pyridine rings is 1. The summed E-state index contributed by atoms with van der Waals surface area (Å²) in [7, 11) is 0. The van der Waals surface area contributed by atoms with Gasteiger partial charge in [-0.2, -0.15) is 0 Å². The summed E-state index contributed by atoms with van der Waals surface area (Å²) in [4.78, 5) is 9.88. The van der Waals surface area contributed by atoms with E-state index in [0.717, 1.165) is 36.4 Å². The Kier molecular flexibility index (Phi) is 2.57. The SMILES string of the molecule is Brc1cc2[nH]cc(N3CCOCC3)c2cn1. The van der Waals surface area contributed by atoms with Gasteiger partial charge < -0.3 is 14.6 Å². The van der Waals surface area contributed by atoms with Crippen molar-refractivity contribution in [1.82, 2.24) is 9.97 Å². The van der Waals surface area contributed by atoms with Crippen LogP contribution in [0.25, 0.3) is 10.9 Å². The van der Waals surface area contributed by atoms with E-state index < -0.39 is 0 Å². The number of rotatable bonds is 1. The number of halogens is 1. The summed E-state index contributed by atoms with van der Waals surface area (Å²) in [5, 5.41) is 1.17. The average Bonchev–Trinajstić information content (AvgIpc) is 2.73. The van der Waals surface area contributed by atoms with Crippen LogP contribution in [0.1, 0.15) is 0 Å². The summed E-state index contributed by atoms with van der Waals surface area (Å²) in [5.41, 5.74) is 2.33. The van der Waals surface area contributed by atoms with Gasteiger partial charge in [0.25, 0.3) is 0 Å². The van der Waals surface area contributed by atoms with Gasteiger partial charge in [-0.3, -0.25) is 0 Å². The maximum absolute atomic E-state index is 5.35. The minimum Gasteiger partial charge on any atom is -0.378 e. The molecule has 3 heterocycles. The molecule has 1 aliphatic rings. The van der Waals surface area contributed by atoms with E-state index in [1.807, 2.05) is 18.5 Å². The topological polar surface area (TPSA) is 41.2 Å². The standard InChI is InChI=1S/C11H12BrN3O/c12-11-5-9-8(6-14-11)10(7-13-9)15-1-3-16-4-2-15/h5-7,13H,1-4H2. The van der Waals surface area contributed by atoms with Crippen molar-refractivity contribution in [2.45, 2.75) is 0 Å². The normalized spacial score (nSPS) is 16.9. The summed E-state index contributed by atoms with van der Waals surface area (Å²) in [5.74, 6) is 0. The summed E-state index contributed by atoms with van der Waals surface area (Å²) < 4.78 is 6.21. The second-order valence-electron chi connectivity index (χ2n) is 3.83. The first-order valence-electron chi connectivity index (χ1n) is 5.30. The Morgan fingerprint density at radius 2 is 2.19 bits per heavy atom. The van der Waals surface area contributed by atoms with Gasteiger partial charge in [0.1, 0.15) is 4.60 Å². The lowest BCUT2D eigenvalue weighted by atomic mass is 10.2. The lowest BCUT2D eigenvalue weighted by Crippen LogP contribution is -2.36. The van der Waals surface area contributed by atoms with Crippen LogP contribution in [0.15, 0.2) is 23.1 Å². The first kappa shape index (κ1) is 10.1. The van der Waals surface area contributed by atoms with E-state index >= 15 is 0 Å². The van der Waals surface area contributed by atoms with Crippen molar-refractivity contribution in [1.29, 1.82) is 0 Å². The van der Waals surface area contributed by atoms with Gasteiger partial charge in [-0.25, -0.2) is 4.98 Å². The molecule has 0 unspecified atom stereocenters. The van der Waals surface area contributed by atoms with Crippen LogP contribution in [0.2, 0.25) is 0 Å². The molecular weight excluding hydrogens is 270 g/mol. The van der Waals surface area contributed by atoms with Gasteiger partial charge in [0.05, 0.1) is 24.4 Å². The Morgan fingerprint density at radius 1 is 1.38 bits per heavy atom. The zero-order chi connectivity index (χ0) is 11.0. The van der Waals surface area contributed by atoms with Gasteiger partial charge in [0, 0.05) is 30.9 Å². The van der Waals surface area contributed by atoms with Crippen molar-refractivity contribution in [3.8, 4) is 0 Å². The van der Waals surface area contributed by atoms with Crippen molar-refractivity contribution in [3.05, 3.63) is 23.1 Å². The third-order valence-corrected chi connectivity index (χ3v) is 3.30. The molecule has 2 aromatic heterocycles. The van der Waals surface area contributed by atoms with E-state index in [4.69, 9.17) is 4.74 Å². The highest BCUT2D eigenvalue weighted by Crippen LogP contribution is 2.27. The van der Waals surface area contributed by atoms with Crippen LogP contribution in [0.4, 0.5) is 5.69 Å². The van der Waals surface area contributed by atoms with Crippen LogP contribution >= 0.6 is 15.9 Å². The molecule has 1 N–H and O–H groups in total. The van der Waals surface area contributed by atoms with Gasteiger partial charge in [-0.05, 0) is 22.0 Å². The quantitative estimate of drug-likeness (QED) is 0.815. The molecular formula is C11H12BrN3O. The lowest BCUT2D eigenvalue weighted by molar-refractivity contribution is 0.123. The first-order valence-corrected chi connectivity index (χ1v) is 6.09. The van der Waals surface area contributed by atoms with E-state index in [2.05, 4.69) is 30.8 Å². The molecule has 0 radical (unpaired) electrons. The van der Waals surface area contributed by atoms with Crippen LogP contribution in [-0.4, -0.2) is 36.3 Å². The fourth-order valence-electron chi connectivity index (χ4n) is 2.04. The van der Waals surface area contributed by atoms with Crippen LogP contribution in [0.3, 0.4) is 0 Å². The first-order chi connectivity index (χ1) is 7.84. The van der Waals surface area contributed by atoms with Crippen LogP contribution in [-0.2, 0) is 4.74 Å².